The Hall–Kier alpha value is -3.23. The Morgan fingerprint density at radius 1 is 0.962 bits per heavy atom. The maximum Gasteiger partial charge on any atom is 0.230 e. The van der Waals surface area contributed by atoms with Gasteiger partial charge in [-0.1, -0.05) is 5.16 Å². The fourth-order valence-corrected chi connectivity index (χ4v) is 2.90. The van der Waals surface area contributed by atoms with Gasteiger partial charge in [-0.15, -0.1) is 0 Å². The predicted octanol–water partition coefficient (Wildman–Crippen LogP) is 1.94. The molecule has 9 heteroatoms. The van der Waals surface area contributed by atoms with Gasteiger partial charge in [-0.25, -0.2) is 15.0 Å². The normalized spacial score (nSPS) is 14.5. The van der Waals surface area contributed by atoms with E-state index in [-0.39, 0.29) is 0 Å². The van der Waals surface area contributed by atoms with Crippen molar-refractivity contribution in [1.29, 1.82) is 0 Å². The second-order valence-electron chi connectivity index (χ2n) is 6.16. The van der Waals surface area contributed by atoms with Crippen LogP contribution < -0.4 is 15.1 Å². The van der Waals surface area contributed by atoms with E-state index in [1.165, 1.54) is 0 Å². The maximum atomic E-state index is 5.07. The third kappa shape index (κ3) is 3.56. The number of aromatic nitrogens is 5. The standard InChI is InChI=1S/C17H20N8O/c1-12-10-15(22-16(20-12)21-14-11-13(2)26-23-14)24-6-8-25(9-7-24)17-18-4-3-5-19-17/h3-5,10-11H,6-9H2,1-2H3,(H,20,21,22,23). The summed E-state index contributed by atoms with van der Waals surface area (Å²) >= 11 is 0. The van der Waals surface area contributed by atoms with Crippen LogP contribution in [0, 0.1) is 13.8 Å². The summed E-state index contributed by atoms with van der Waals surface area (Å²) < 4.78 is 5.07. The average Bonchev–Trinajstić information content (AvgIpc) is 3.07. The molecule has 0 radical (unpaired) electrons. The van der Waals surface area contributed by atoms with Crippen molar-refractivity contribution in [1.82, 2.24) is 25.1 Å². The molecule has 0 aliphatic carbocycles. The Balaban J connectivity index is 1.46. The summed E-state index contributed by atoms with van der Waals surface area (Å²) in [7, 11) is 0. The van der Waals surface area contributed by atoms with Crippen molar-refractivity contribution in [3.8, 4) is 0 Å². The van der Waals surface area contributed by atoms with Crippen LogP contribution in [0.4, 0.5) is 23.5 Å². The minimum atomic E-state index is 0.516. The molecule has 134 valence electrons. The van der Waals surface area contributed by atoms with Crippen LogP contribution in [0.25, 0.3) is 0 Å². The summed E-state index contributed by atoms with van der Waals surface area (Å²) in [5.41, 5.74) is 0.895. The Bertz CT molecular complexity index is 873. The summed E-state index contributed by atoms with van der Waals surface area (Å²) in [6.45, 7) is 7.18. The summed E-state index contributed by atoms with van der Waals surface area (Å²) in [4.78, 5) is 22.1. The zero-order chi connectivity index (χ0) is 17.9. The lowest BCUT2D eigenvalue weighted by molar-refractivity contribution is 0.400. The van der Waals surface area contributed by atoms with E-state index in [2.05, 4.69) is 40.2 Å². The molecule has 3 aromatic heterocycles. The van der Waals surface area contributed by atoms with Gasteiger partial charge in [0.1, 0.15) is 11.6 Å². The molecule has 0 saturated carbocycles. The molecule has 4 heterocycles. The highest BCUT2D eigenvalue weighted by atomic mass is 16.5. The van der Waals surface area contributed by atoms with Crippen molar-refractivity contribution in [2.24, 2.45) is 0 Å². The largest absolute Gasteiger partial charge is 0.360 e. The lowest BCUT2D eigenvalue weighted by Gasteiger charge is -2.35. The summed E-state index contributed by atoms with van der Waals surface area (Å²) in [5, 5.41) is 7.02. The maximum absolute atomic E-state index is 5.07. The van der Waals surface area contributed by atoms with Crippen LogP contribution in [-0.4, -0.2) is 51.3 Å². The van der Waals surface area contributed by atoms with Crippen molar-refractivity contribution in [2.75, 3.05) is 41.3 Å². The second kappa shape index (κ2) is 6.95. The quantitative estimate of drug-likeness (QED) is 0.755. The van der Waals surface area contributed by atoms with Gasteiger partial charge in [-0.05, 0) is 19.9 Å². The molecule has 3 aromatic rings. The van der Waals surface area contributed by atoms with Gasteiger partial charge in [-0.3, -0.25) is 0 Å². The van der Waals surface area contributed by atoms with Crippen molar-refractivity contribution in [3.05, 3.63) is 42.0 Å². The van der Waals surface area contributed by atoms with E-state index in [9.17, 15) is 0 Å². The topological polar surface area (TPSA) is 96.1 Å². The van der Waals surface area contributed by atoms with E-state index < -0.39 is 0 Å². The van der Waals surface area contributed by atoms with Crippen LogP contribution in [0.5, 0.6) is 0 Å². The van der Waals surface area contributed by atoms with Crippen molar-refractivity contribution in [2.45, 2.75) is 13.8 Å². The summed E-state index contributed by atoms with van der Waals surface area (Å²) in [6, 6.07) is 5.63. The third-order valence-electron chi connectivity index (χ3n) is 4.15. The highest BCUT2D eigenvalue weighted by Crippen LogP contribution is 2.20. The molecule has 4 rings (SSSR count). The molecule has 9 nitrogen and oxygen atoms in total. The molecule has 0 bridgehead atoms. The zero-order valence-corrected chi connectivity index (χ0v) is 14.8. The summed E-state index contributed by atoms with van der Waals surface area (Å²) in [6.07, 6.45) is 3.54. The van der Waals surface area contributed by atoms with E-state index in [1.807, 2.05) is 32.0 Å². The van der Waals surface area contributed by atoms with Gasteiger partial charge in [0, 0.05) is 56.4 Å². The molecule has 1 aliphatic heterocycles. The number of rotatable bonds is 4. The van der Waals surface area contributed by atoms with E-state index in [1.54, 1.807) is 12.4 Å². The number of hydrogen-bond acceptors (Lipinski definition) is 9. The fourth-order valence-electron chi connectivity index (χ4n) is 2.90. The molecule has 1 N–H and O–H groups in total. The number of aryl methyl sites for hydroxylation is 2. The van der Waals surface area contributed by atoms with Crippen LogP contribution in [0.2, 0.25) is 0 Å². The monoisotopic (exact) mass is 352 g/mol. The smallest absolute Gasteiger partial charge is 0.230 e. The first-order chi connectivity index (χ1) is 12.7. The van der Waals surface area contributed by atoms with Crippen molar-refractivity contribution in [3.63, 3.8) is 0 Å². The number of nitrogens with one attached hydrogen (secondary N) is 1. The Labute approximate surface area is 151 Å². The molecule has 1 aliphatic rings. The van der Waals surface area contributed by atoms with E-state index in [4.69, 9.17) is 4.52 Å². The fraction of sp³-hybridized carbons (Fsp3) is 0.353. The molecule has 0 spiro atoms. The van der Waals surface area contributed by atoms with Gasteiger partial charge in [0.05, 0.1) is 0 Å². The van der Waals surface area contributed by atoms with Gasteiger partial charge in [0.2, 0.25) is 11.9 Å². The summed E-state index contributed by atoms with van der Waals surface area (Å²) in [5.74, 6) is 3.52. The number of nitrogens with zero attached hydrogens (tertiary/aromatic N) is 7. The van der Waals surface area contributed by atoms with Crippen LogP contribution >= 0.6 is 0 Å². The first kappa shape index (κ1) is 16.2. The van der Waals surface area contributed by atoms with Gasteiger partial charge in [-0.2, -0.15) is 4.98 Å². The van der Waals surface area contributed by atoms with Crippen molar-refractivity contribution < 1.29 is 4.52 Å². The van der Waals surface area contributed by atoms with Gasteiger partial charge in [0.25, 0.3) is 0 Å². The number of piperazine rings is 1. The van der Waals surface area contributed by atoms with Gasteiger partial charge in [0.15, 0.2) is 5.82 Å². The zero-order valence-electron chi connectivity index (χ0n) is 14.8. The molecule has 26 heavy (non-hydrogen) atoms. The third-order valence-corrected chi connectivity index (χ3v) is 4.15. The molecule has 1 fully saturated rings. The minimum absolute atomic E-state index is 0.516. The van der Waals surface area contributed by atoms with Crippen LogP contribution in [0.3, 0.4) is 0 Å². The first-order valence-electron chi connectivity index (χ1n) is 8.50. The first-order valence-corrected chi connectivity index (χ1v) is 8.50. The van der Waals surface area contributed by atoms with Crippen LogP contribution in [-0.2, 0) is 0 Å². The highest BCUT2D eigenvalue weighted by Gasteiger charge is 2.20. The van der Waals surface area contributed by atoms with Crippen molar-refractivity contribution >= 4 is 23.5 Å². The average molecular weight is 352 g/mol. The molecule has 0 atom stereocenters. The van der Waals surface area contributed by atoms with Crippen LogP contribution in [0.15, 0.2) is 35.1 Å². The Morgan fingerprint density at radius 2 is 1.69 bits per heavy atom. The second-order valence-corrected chi connectivity index (χ2v) is 6.16. The van der Waals surface area contributed by atoms with Gasteiger partial charge >= 0.3 is 0 Å². The number of hydrogen-bond donors (Lipinski definition) is 1. The molecule has 1 saturated heterocycles. The molecule has 0 unspecified atom stereocenters. The highest BCUT2D eigenvalue weighted by molar-refractivity contribution is 5.52. The lowest BCUT2D eigenvalue weighted by atomic mass is 10.3. The lowest BCUT2D eigenvalue weighted by Crippen LogP contribution is -2.47. The molecular weight excluding hydrogens is 332 g/mol. The van der Waals surface area contributed by atoms with E-state index in [0.717, 1.165) is 49.4 Å². The SMILES string of the molecule is Cc1cc(N2CCN(c3ncccn3)CC2)nc(Nc2cc(C)on2)n1. The Morgan fingerprint density at radius 3 is 2.38 bits per heavy atom. The molecular formula is C17H20N8O. The van der Waals surface area contributed by atoms with Gasteiger partial charge < -0.3 is 19.6 Å². The van der Waals surface area contributed by atoms with E-state index in [0.29, 0.717) is 11.8 Å². The molecule has 0 amide bonds. The minimum Gasteiger partial charge on any atom is -0.360 e. The Kier molecular flexibility index (Phi) is 4.34. The predicted molar refractivity (Wildman–Crippen MR) is 97.7 cm³/mol. The molecule has 0 aromatic carbocycles. The number of anilines is 4. The van der Waals surface area contributed by atoms with E-state index >= 15 is 0 Å². The van der Waals surface area contributed by atoms with Crippen LogP contribution in [0.1, 0.15) is 11.5 Å².